The molecule has 0 heterocycles. The van der Waals surface area contributed by atoms with Gasteiger partial charge >= 0.3 is 0 Å². The second-order valence-corrected chi connectivity index (χ2v) is 8.56. The smallest absolute Gasteiger partial charge is 0.159 e. The minimum atomic E-state index is -0.733. The predicted molar refractivity (Wildman–Crippen MR) is 97.6 cm³/mol. The molecule has 0 spiro atoms. The van der Waals surface area contributed by atoms with Gasteiger partial charge in [0, 0.05) is 3.92 Å². The van der Waals surface area contributed by atoms with Gasteiger partial charge in [0.15, 0.2) is 11.6 Å². The van der Waals surface area contributed by atoms with Crippen molar-refractivity contribution >= 4 is 22.6 Å². The van der Waals surface area contributed by atoms with Crippen molar-refractivity contribution in [3.63, 3.8) is 0 Å². The van der Waals surface area contributed by atoms with Gasteiger partial charge in [-0.05, 0) is 86.8 Å². The van der Waals surface area contributed by atoms with E-state index in [0.717, 1.165) is 34.2 Å². The van der Waals surface area contributed by atoms with Crippen molar-refractivity contribution in [1.29, 1.82) is 0 Å². The van der Waals surface area contributed by atoms with Gasteiger partial charge in [-0.25, -0.2) is 8.78 Å². The number of benzene rings is 1. The van der Waals surface area contributed by atoms with Gasteiger partial charge in [0.25, 0.3) is 0 Å². The molecule has 2 aliphatic carbocycles. The minimum absolute atomic E-state index is 0. The van der Waals surface area contributed by atoms with Gasteiger partial charge in [-0.3, -0.25) is 0 Å². The molecule has 22 heavy (non-hydrogen) atoms. The molecule has 0 nitrogen and oxygen atoms in total. The molecule has 2 saturated carbocycles. The zero-order valence-electron chi connectivity index (χ0n) is 12.3. The second-order valence-electron chi connectivity index (χ2n) is 6.80. The molecular weight excluding hydrogens is 393 g/mol. The van der Waals surface area contributed by atoms with E-state index in [2.05, 4.69) is 22.6 Å². The molecule has 2 fully saturated rings. The van der Waals surface area contributed by atoms with Crippen molar-refractivity contribution in [3.05, 3.63) is 35.4 Å². The van der Waals surface area contributed by atoms with Crippen LogP contribution in [0.4, 0.5) is 8.78 Å². The van der Waals surface area contributed by atoms with Crippen LogP contribution in [-0.4, -0.2) is 3.92 Å². The maximum atomic E-state index is 13.4. The summed E-state index contributed by atoms with van der Waals surface area (Å²) in [5.74, 6) is 0.785. The Balaban J connectivity index is 0.00000176. The highest BCUT2D eigenvalue weighted by molar-refractivity contribution is 14.1. The van der Waals surface area contributed by atoms with Crippen molar-refractivity contribution in [1.82, 2.24) is 0 Å². The van der Waals surface area contributed by atoms with Crippen LogP contribution in [0.15, 0.2) is 18.2 Å². The predicted octanol–water partition coefficient (Wildman–Crippen LogP) is 6.87. The van der Waals surface area contributed by atoms with E-state index in [9.17, 15) is 8.78 Å². The van der Waals surface area contributed by atoms with Crippen molar-refractivity contribution in [2.24, 2.45) is 11.8 Å². The number of alkyl halides is 1. The lowest BCUT2D eigenvalue weighted by Crippen LogP contribution is -2.25. The Hall–Kier alpha value is -0.190. The fourth-order valence-corrected chi connectivity index (χ4v) is 4.96. The molecule has 0 unspecified atom stereocenters. The summed E-state index contributed by atoms with van der Waals surface area (Å²) < 4.78 is 27.3. The number of hydrogen-bond donors (Lipinski definition) is 0. The van der Waals surface area contributed by atoms with Crippen molar-refractivity contribution in [3.8, 4) is 0 Å². The highest BCUT2D eigenvalue weighted by atomic mass is 127. The number of halogens is 3. The van der Waals surface area contributed by atoms with Crippen molar-refractivity contribution in [2.45, 2.75) is 68.6 Å². The summed E-state index contributed by atoms with van der Waals surface area (Å²) in [6, 6.07) is 4.45. The largest absolute Gasteiger partial charge is 0.204 e. The first-order chi connectivity index (χ1) is 10.1. The lowest BCUT2D eigenvalue weighted by molar-refractivity contribution is 0.189. The molecule has 0 N–H and O–H groups in total. The fraction of sp³-hybridized carbons (Fsp3) is 0.684. The average Bonchev–Trinajstić information content (AvgIpc) is 2.51. The summed E-state index contributed by atoms with van der Waals surface area (Å²) in [5.41, 5.74) is 0.989. The number of hydrogen-bond acceptors (Lipinski definition) is 0. The highest BCUT2D eigenvalue weighted by Gasteiger charge is 2.30. The monoisotopic (exact) mass is 420 g/mol. The van der Waals surface area contributed by atoms with E-state index in [0.29, 0.717) is 5.92 Å². The molecule has 1 aromatic carbocycles. The Morgan fingerprint density at radius 1 is 0.773 bits per heavy atom. The van der Waals surface area contributed by atoms with E-state index >= 15 is 0 Å². The third kappa shape index (κ3) is 4.21. The first kappa shape index (κ1) is 18.2. The average molecular weight is 420 g/mol. The molecule has 0 aliphatic heterocycles. The molecule has 0 atom stereocenters. The highest BCUT2D eigenvalue weighted by Crippen LogP contribution is 2.43. The van der Waals surface area contributed by atoms with Crippen LogP contribution in [0.2, 0.25) is 0 Å². The Morgan fingerprint density at radius 3 is 1.86 bits per heavy atom. The lowest BCUT2D eigenvalue weighted by atomic mass is 9.70. The maximum Gasteiger partial charge on any atom is 0.159 e. The second kappa shape index (κ2) is 8.07. The SMILES string of the molecule is C.Fc1ccc([C@H]2CC[C@H]([C@H]3CC[C@H](I)CC3)CC2)cc1F. The first-order valence-corrected chi connectivity index (χ1v) is 9.47. The van der Waals surface area contributed by atoms with Crippen molar-refractivity contribution in [2.75, 3.05) is 0 Å². The zero-order valence-corrected chi connectivity index (χ0v) is 14.5. The topological polar surface area (TPSA) is 0 Å². The first-order valence-electron chi connectivity index (χ1n) is 8.22. The molecule has 0 amide bonds. The Bertz CT molecular complexity index is 472. The summed E-state index contributed by atoms with van der Waals surface area (Å²) in [6.45, 7) is 0. The minimum Gasteiger partial charge on any atom is -0.204 e. The molecule has 3 heteroatoms. The quantitative estimate of drug-likeness (QED) is 0.362. The standard InChI is InChI=1S/C18H23F2I.CH4/c19-17-10-7-15(11-18(17)20)14-3-1-12(2-4-14)13-5-8-16(21)9-6-13;/h7,10-14,16H,1-6,8-9H2;1H4/t12-,13-,14-,16-;. The van der Waals surface area contributed by atoms with Gasteiger partial charge in [0.1, 0.15) is 0 Å². The van der Waals surface area contributed by atoms with E-state index in [1.807, 2.05) is 0 Å². The zero-order chi connectivity index (χ0) is 14.8. The van der Waals surface area contributed by atoms with E-state index in [1.165, 1.54) is 50.7 Å². The Labute approximate surface area is 147 Å². The van der Waals surface area contributed by atoms with Crippen LogP contribution in [-0.2, 0) is 0 Å². The van der Waals surface area contributed by atoms with E-state index in [-0.39, 0.29) is 7.43 Å². The maximum absolute atomic E-state index is 13.4. The molecule has 0 aromatic heterocycles. The summed E-state index contributed by atoms with van der Waals surface area (Å²) in [5, 5.41) is 0. The molecule has 124 valence electrons. The summed E-state index contributed by atoms with van der Waals surface area (Å²) in [4.78, 5) is 0. The number of rotatable bonds is 2. The van der Waals surface area contributed by atoms with Gasteiger partial charge in [0.05, 0.1) is 0 Å². The van der Waals surface area contributed by atoms with Gasteiger partial charge in [-0.2, -0.15) is 0 Å². The summed E-state index contributed by atoms with van der Waals surface area (Å²) in [7, 11) is 0. The lowest BCUT2D eigenvalue weighted by Gasteiger charge is -2.37. The Kier molecular flexibility index (Phi) is 6.66. The van der Waals surface area contributed by atoms with Crippen LogP contribution >= 0.6 is 22.6 Å². The molecule has 3 rings (SSSR count). The van der Waals surface area contributed by atoms with Gasteiger partial charge in [-0.15, -0.1) is 0 Å². The van der Waals surface area contributed by atoms with E-state index in [4.69, 9.17) is 0 Å². The van der Waals surface area contributed by atoms with Crippen LogP contribution in [0.5, 0.6) is 0 Å². The van der Waals surface area contributed by atoms with E-state index < -0.39 is 11.6 Å². The molecule has 2 aliphatic rings. The normalized spacial score (nSPS) is 32.3. The Morgan fingerprint density at radius 2 is 1.32 bits per heavy atom. The van der Waals surface area contributed by atoms with Crippen molar-refractivity contribution < 1.29 is 8.78 Å². The molecular formula is C19H27F2I. The van der Waals surface area contributed by atoms with Crippen LogP contribution in [0.1, 0.15) is 70.3 Å². The third-order valence-electron chi connectivity index (χ3n) is 5.55. The van der Waals surface area contributed by atoms with Gasteiger partial charge in [0.2, 0.25) is 0 Å². The summed E-state index contributed by atoms with van der Waals surface area (Å²) in [6.07, 6.45) is 10.4. The summed E-state index contributed by atoms with van der Waals surface area (Å²) >= 11 is 2.59. The fourth-order valence-electron chi connectivity index (χ4n) is 4.24. The molecule has 0 saturated heterocycles. The van der Waals surface area contributed by atoms with Crippen LogP contribution in [0.25, 0.3) is 0 Å². The van der Waals surface area contributed by atoms with E-state index in [1.54, 1.807) is 6.07 Å². The molecule has 0 radical (unpaired) electrons. The molecule has 0 bridgehead atoms. The van der Waals surface area contributed by atoms with Gasteiger partial charge in [-0.1, -0.05) is 36.1 Å². The molecule has 1 aromatic rings. The van der Waals surface area contributed by atoms with Crippen LogP contribution in [0.3, 0.4) is 0 Å². The van der Waals surface area contributed by atoms with Crippen LogP contribution < -0.4 is 0 Å². The van der Waals surface area contributed by atoms with Crippen LogP contribution in [0, 0.1) is 23.5 Å². The van der Waals surface area contributed by atoms with Gasteiger partial charge < -0.3 is 0 Å². The third-order valence-corrected chi connectivity index (χ3v) is 6.80.